The first kappa shape index (κ1) is 14.3. The van der Waals surface area contributed by atoms with Crippen molar-refractivity contribution >= 4 is 0 Å². The molecule has 0 saturated carbocycles. The highest BCUT2D eigenvalue weighted by Gasteiger charge is 2.45. The van der Waals surface area contributed by atoms with Gasteiger partial charge in [-0.05, 0) is 37.6 Å². The highest BCUT2D eigenvalue weighted by molar-refractivity contribution is 5.47. The van der Waals surface area contributed by atoms with Crippen molar-refractivity contribution in [2.24, 2.45) is 0 Å². The van der Waals surface area contributed by atoms with E-state index >= 15 is 0 Å². The van der Waals surface area contributed by atoms with Gasteiger partial charge in [0.05, 0.1) is 31.5 Å². The lowest BCUT2D eigenvalue weighted by Gasteiger charge is -2.50. The van der Waals surface area contributed by atoms with Crippen LogP contribution in [0.3, 0.4) is 0 Å². The molecule has 5 nitrogen and oxygen atoms in total. The first-order chi connectivity index (χ1) is 10.1. The highest BCUT2D eigenvalue weighted by Crippen LogP contribution is 2.41. The van der Waals surface area contributed by atoms with Gasteiger partial charge in [0.25, 0.3) is 0 Å². The Kier molecular flexibility index (Phi) is 3.62. The molecular formula is C16H20N2O3. The quantitative estimate of drug-likeness (QED) is 0.887. The Morgan fingerprint density at radius 3 is 2.62 bits per heavy atom. The predicted octanol–water partition coefficient (Wildman–Crippen LogP) is 1.25. The van der Waals surface area contributed by atoms with Gasteiger partial charge >= 0.3 is 0 Å². The van der Waals surface area contributed by atoms with E-state index in [-0.39, 0.29) is 12.1 Å². The van der Waals surface area contributed by atoms with Crippen LogP contribution in [0.2, 0.25) is 0 Å². The Balaban J connectivity index is 1.94. The molecular weight excluding hydrogens is 268 g/mol. The normalized spacial score (nSPS) is 32.5. The van der Waals surface area contributed by atoms with Gasteiger partial charge < -0.3 is 14.6 Å². The molecule has 2 bridgehead atoms. The predicted molar refractivity (Wildman–Crippen MR) is 77.0 cm³/mol. The summed E-state index contributed by atoms with van der Waals surface area (Å²) in [4.78, 5) is 2.30. The van der Waals surface area contributed by atoms with Gasteiger partial charge in [0, 0.05) is 12.1 Å². The second-order valence-corrected chi connectivity index (χ2v) is 5.98. The number of nitriles is 1. The van der Waals surface area contributed by atoms with Gasteiger partial charge in [0.1, 0.15) is 11.8 Å². The highest BCUT2D eigenvalue weighted by atomic mass is 16.5. The second kappa shape index (κ2) is 5.30. The maximum Gasteiger partial charge on any atom is 0.136 e. The van der Waals surface area contributed by atoms with Gasteiger partial charge in [-0.15, -0.1) is 0 Å². The smallest absolute Gasteiger partial charge is 0.136 e. The Morgan fingerprint density at radius 2 is 2.05 bits per heavy atom. The van der Waals surface area contributed by atoms with Gasteiger partial charge in [0.2, 0.25) is 0 Å². The molecule has 1 aromatic rings. The summed E-state index contributed by atoms with van der Waals surface area (Å²) < 4.78 is 10.8. The standard InChI is InChI=1S/C16H20N2O3/c1-18-13-6-16(19,7-14(18)10-21-9-13)12-3-4-15(20-2)11(5-12)8-17/h3-5,13-14,19H,6-7,9-10H2,1-2H3. The molecule has 2 fully saturated rings. The fraction of sp³-hybridized carbons (Fsp3) is 0.562. The Bertz CT molecular complexity index is 567. The minimum Gasteiger partial charge on any atom is -0.495 e. The first-order valence-electron chi connectivity index (χ1n) is 7.18. The fourth-order valence-corrected chi connectivity index (χ4v) is 3.46. The van der Waals surface area contributed by atoms with Crippen molar-refractivity contribution in [2.45, 2.75) is 30.5 Å². The van der Waals surface area contributed by atoms with Crippen LogP contribution >= 0.6 is 0 Å². The van der Waals surface area contributed by atoms with E-state index in [0.29, 0.717) is 37.4 Å². The maximum absolute atomic E-state index is 11.1. The number of fused-ring (bicyclic) bond motifs is 2. The Hall–Kier alpha value is -1.61. The molecule has 1 N–H and O–H groups in total. The molecule has 2 heterocycles. The summed E-state index contributed by atoms with van der Waals surface area (Å²) in [6, 6.07) is 7.94. The summed E-state index contributed by atoms with van der Waals surface area (Å²) in [6.45, 7) is 1.30. The van der Waals surface area contributed by atoms with Gasteiger partial charge in [-0.25, -0.2) is 0 Å². The molecule has 2 unspecified atom stereocenters. The zero-order valence-corrected chi connectivity index (χ0v) is 12.4. The molecule has 21 heavy (non-hydrogen) atoms. The molecule has 0 aromatic heterocycles. The number of rotatable bonds is 2. The molecule has 2 aliphatic heterocycles. The van der Waals surface area contributed by atoms with Crippen LogP contribution in [0.1, 0.15) is 24.0 Å². The monoisotopic (exact) mass is 288 g/mol. The third kappa shape index (κ3) is 2.40. The lowest BCUT2D eigenvalue weighted by atomic mass is 9.77. The van der Waals surface area contributed by atoms with E-state index in [4.69, 9.17) is 9.47 Å². The third-order valence-corrected chi connectivity index (χ3v) is 4.78. The number of benzene rings is 1. The van der Waals surface area contributed by atoms with Crippen molar-refractivity contribution < 1.29 is 14.6 Å². The first-order valence-corrected chi connectivity index (χ1v) is 7.18. The molecule has 2 atom stereocenters. The zero-order valence-electron chi connectivity index (χ0n) is 12.4. The van der Waals surface area contributed by atoms with E-state index in [1.54, 1.807) is 19.2 Å². The number of hydrogen-bond acceptors (Lipinski definition) is 5. The van der Waals surface area contributed by atoms with Crippen molar-refractivity contribution in [3.63, 3.8) is 0 Å². The molecule has 3 rings (SSSR count). The van der Waals surface area contributed by atoms with Crippen LogP contribution in [0.25, 0.3) is 0 Å². The molecule has 0 amide bonds. The fourth-order valence-electron chi connectivity index (χ4n) is 3.46. The zero-order chi connectivity index (χ0) is 15.0. The summed E-state index contributed by atoms with van der Waals surface area (Å²) in [7, 11) is 3.63. The van der Waals surface area contributed by atoms with Crippen LogP contribution in [0, 0.1) is 11.3 Å². The third-order valence-electron chi connectivity index (χ3n) is 4.78. The Labute approximate surface area is 124 Å². The van der Waals surface area contributed by atoms with Crippen LogP contribution in [0.4, 0.5) is 0 Å². The van der Waals surface area contributed by atoms with E-state index in [0.717, 1.165) is 5.56 Å². The number of nitrogens with zero attached hydrogens (tertiary/aromatic N) is 2. The summed E-state index contributed by atoms with van der Waals surface area (Å²) in [6.07, 6.45) is 1.24. The van der Waals surface area contributed by atoms with Crippen molar-refractivity contribution in [2.75, 3.05) is 27.4 Å². The second-order valence-electron chi connectivity index (χ2n) is 5.98. The number of aliphatic hydroxyl groups is 1. The van der Waals surface area contributed by atoms with E-state index in [1.807, 2.05) is 6.07 Å². The van der Waals surface area contributed by atoms with Crippen LogP contribution in [-0.2, 0) is 10.3 Å². The molecule has 0 radical (unpaired) electrons. The maximum atomic E-state index is 11.1. The van der Waals surface area contributed by atoms with Crippen molar-refractivity contribution in [1.29, 1.82) is 5.26 Å². The lowest BCUT2D eigenvalue weighted by molar-refractivity contribution is -0.137. The molecule has 5 heteroatoms. The molecule has 0 spiro atoms. The summed E-state index contributed by atoms with van der Waals surface area (Å²) in [5, 5.41) is 20.3. The largest absolute Gasteiger partial charge is 0.495 e. The number of hydrogen-bond donors (Lipinski definition) is 1. The molecule has 112 valence electrons. The van der Waals surface area contributed by atoms with Crippen LogP contribution in [-0.4, -0.2) is 49.5 Å². The number of piperidine rings is 1. The van der Waals surface area contributed by atoms with Gasteiger partial charge in [-0.3, -0.25) is 4.90 Å². The lowest BCUT2D eigenvalue weighted by Crippen LogP contribution is -2.59. The molecule has 0 aliphatic carbocycles. The van der Waals surface area contributed by atoms with Crippen molar-refractivity contribution in [3.05, 3.63) is 29.3 Å². The van der Waals surface area contributed by atoms with Crippen LogP contribution in [0.15, 0.2) is 18.2 Å². The average molecular weight is 288 g/mol. The van der Waals surface area contributed by atoms with E-state index in [9.17, 15) is 10.4 Å². The number of morpholine rings is 1. The van der Waals surface area contributed by atoms with Crippen LogP contribution < -0.4 is 4.74 Å². The minimum absolute atomic E-state index is 0.218. The average Bonchev–Trinajstić information content (AvgIpc) is 2.48. The SMILES string of the molecule is COc1ccc(C2(O)CC3COCC(C2)N3C)cc1C#N. The van der Waals surface area contributed by atoms with Crippen LogP contribution in [0.5, 0.6) is 5.75 Å². The minimum atomic E-state index is -0.899. The molecule has 2 saturated heterocycles. The van der Waals surface area contributed by atoms with E-state index in [1.165, 1.54) is 0 Å². The molecule has 2 aliphatic rings. The van der Waals surface area contributed by atoms with Crippen molar-refractivity contribution in [1.82, 2.24) is 4.90 Å². The molecule has 1 aromatic carbocycles. The summed E-state index contributed by atoms with van der Waals surface area (Å²) in [5.41, 5.74) is 0.359. The Morgan fingerprint density at radius 1 is 1.38 bits per heavy atom. The summed E-state index contributed by atoms with van der Waals surface area (Å²) >= 11 is 0. The van der Waals surface area contributed by atoms with E-state index < -0.39 is 5.60 Å². The van der Waals surface area contributed by atoms with E-state index in [2.05, 4.69) is 18.0 Å². The van der Waals surface area contributed by atoms with Crippen molar-refractivity contribution in [3.8, 4) is 11.8 Å². The summed E-state index contributed by atoms with van der Waals surface area (Å²) in [5.74, 6) is 0.543. The number of methoxy groups -OCH3 is 1. The van der Waals surface area contributed by atoms with Gasteiger partial charge in [-0.2, -0.15) is 5.26 Å². The number of ether oxygens (including phenoxy) is 2. The number of likely N-dealkylation sites (N-methyl/N-ethyl adjacent to an activating group) is 1. The van der Waals surface area contributed by atoms with Gasteiger partial charge in [0.15, 0.2) is 0 Å². The van der Waals surface area contributed by atoms with Gasteiger partial charge in [-0.1, -0.05) is 6.07 Å². The topological polar surface area (TPSA) is 65.7 Å².